The van der Waals surface area contributed by atoms with Gasteiger partial charge in [-0.15, -0.1) is 11.8 Å². The van der Waals surface area contributed by atoms with Gasteiger partial charge in [-0.2, -0.15) is 0 Å². The van der Waals surface area contributed by atoms with Crippen molar-refractivity contribution in [3.05, 3.63) is 59.7 Å². The SMILES string of the molecule is OCc1cccc(OCC2Cc3ccccc3S2)c1. The van der Waals surface area contributed by atoms with E-state index in [9.17, 15) is 0 Å². The lowest BCUT2D eigenvalue weighted by Gasteiger charge is -2.11. The number of aliphatic hydroxyl groups is 1. The van der Waals surface area contributed by atoms with Crippen LogP contribution in [0.5, 0.6) is 5.75 Å². The molecule has 0 fully saturated rings. The molecule has 2 aromatic carbocycles. The monoisotopic (exact) mass is 272 g/mol. The Bertz CT molecular complexity index is 543. The number of aliphatic hydroxyl groups excluding tert-OH is 1. The zero-order chi connectivity index (χ0) is 13.1. The number of ether oxygens (including phenoxy) is 1. The van der Waals surface area contributed by atoms with Crippen LogP contribution in [0.2, 0.25) is 0 Å². The van der Waals surface area contributed by atoms with E-state index in [1.165, 1.54) is 10.5 Å². The zero-order valence-corrected chi connectivity index (χ0v) is 11.4. The van der Waals surface area contributed by atoms with Gasteiger partial charge in [0.25, 0.3) is 0 Å². The van der Waals surface area contributed by atoms with Crippen LogP contribution in [-0.2, 0) is 13.0 Å². The van der Waals surface area contributed by atoms with Gasteiger partial charge in [0.2, 0.25) is 0 Å². The molecule has 1 heterocycles. The number of thioether (sulfide) groups is 1. The van der Waals surface area contributed by atoms with Crippen LogP contribution in [0.3, 0.4) is 0 Å². The highest BCUT2D eigenvalue weighted by molar-refractivity contribution is 8.00. The third kappa shape index (κ3) is 2.94. The minimum absolute atomic E-state index is 0.0564. The first kappa shape index (κ1) is 12.6. The number of fused-ring (bicyclic) bond motifs is 1. The first-order chi connectivity index (χ1) is 9.35. The first-order valence-corrected chi connectivity index (χ1v) is 7.30. The van der Waals surface area contributed by atoms with Gasteiger partial charge in [-0.25, -0.2) is 0 Å². The van der Waals surface area contributed by atoms with Crippen molar-refractivity contribution in [2.24, 2.45) is 0 Å². The molecule has 1 N–H and O–H groups in total. The molecule has 2 aromatic rings. The first-order valence-electron chi connectivity index (χ1n) is 6.42. The predicted octanol–water partition coefficient (Wildman–Crippen LogP) is 3.27. The second-order valence-corrected chi connectivity index (χ2v) is 6.01. The van der Waals surface area contributed by atoms with Gasteiger partial charge >= 0.3 is 0 Å². The van der Waals surface area contributed by atoms with Crippen molar-refractivity contribution >= 4 is 11.8 Å². The predicted molar refractivity (Wildman–Crippen MR) is 77.7 cm³/mol. The van der Waals surface area contributed by atoms with Crippen molar-refractivity contribution < 1.29 is 9.84 Å². The average molecular weight is 272 g/mol. The maximum absolute atomic E-state index is 9.10. The third-order valence-corrected chi connectivity index (χ3v) is 4.52. The van der Waals surface area contributed by atoms with Crippen molar-refractivity contribution in [3.8, 4) is 5.75 Å². The molecular weight excluding hydrogens is 256 g/mol. The Hall–Kier alpha value is -1.45. The Balaban J connectivity index is 1.59. The summed E-state index contributed by atoms with van der Waals surface area (Å²) >= 11 is 1.89. The fourth-order valence-corrected chi connectivity index (χ4v) is 3.49. The Kier molecular flexibility index (Phi) is 3.76. The van der Waals surface area contributed by atoms with Crippen LogP contribution >= 0.6 is 11.8 Å². The van der Waals surface area contributed by atoms with Crippen LogP contribution in [0.1, 0.15) is 11.1 Å². The summed E-state index contributed by atoms with van der Waals surface area (Å²) < 4.78 is 5.83. The minimum atomic E-state index is 0.0564. The largest absolute Gasteiger partial charge is 0.492 e. The van der Waals surface area contributed by atoms with Crippen LogP contribution in [0, 0.1) is 0 Å². The van der Waals surface area contributed by atoms with Crippen LogP contribution in [-0.4, -0.2) is 17.0 Å². The molecule has 0 amide bonds. The van der Waals surface area contributed by atoms with Crippen molar-refractivity contribution in [2.75, 3.05) is 6.61 Å². The van der Waals surface area contributed by atoms with E-state index in [1.807, 2.05) is 36.0 Å². The molecule has 1 unspecified atom stereocenters. The van der Waals surface area contributed by atoms with Gasteiger partial charge < -0.3 is 9.84 Å². The molecule has 0 aliphatic carbocycles. The summed E-state index contributed by atoms with van der Waals surface area (Å²) in [5.74, 6) is 0.836. The molecule has 0 aromatic heterocycles. The second-order valence-electron chi connectivity index (χ2n) is 4.67. The van der Waals surface area contributed by atoms with E-state index in [4.69, 9.17) is 9.84 Å². The van der Waals surface area contributed by atoms with E-state index in [0.717, 1.165) is 17.7 Å². The van der Waals surface area contributed by atoms with Crippen LogP contribution in [0.25, 0.3) is 0 Å². The number of rotatable bonds is 4. The molecular formula is C16H16O2S. The molecule has 1 aliphatic rings. The summed E-state index contributed by atoms with van der Waals surface area (Å²) in [6.45, 7) is 0.759. The van der Waals surface area contributed by atoms with Gasteiger partial charge in [-0.1, -0.05) is 30.3 Å². The third-order valence-electron chi connectivity index (χ3n) is 3.23. The minimum Gasteiger partial charge on any atom is -0.492 e. The molecule has 0 spiro atoms. The molecule has 98 valence electrons. The molecule has 0 radical (unpaired) electrons. The van der Waals surface area contributed by atoms with Gasteiger partial charge in [0, 0.05) is 10.1 Å². The Morgan fingerprint density at radius 2 is 2.05 bits per heavy atom. The number of hydrogen-bond donors (Lipinski definition) is 1. The standard InChI is InChI=1S/C16H16O2S/c17-10-12-4-3-6-14(8-12)18-11-15-9-13-5-1-2-7-16(13)19-15/h1-8,15,17H,9-11H2. The molecule has 0 bridgehead atoms. The fourth-order valence-electron chi connectivity index (χ4n) is 2.27. The molecule has 2 nitrogen and oxygen atoms in total. The lowest BCUT2D eigenvalue weighted by atomic mass is 10.1. The van der Waals surface area contributed by atoms with Crippen molar-refractivity contribution in [3.63, 3.8) is 0 Å². The summed E-state index contributed by atoms with van der Waals surface area (Å²) in [6, 6.07) is 16.2. The Labute approximate surface area is 117 Å². The van der Waals surface area contributed by atoms with Gasteiger partial charge in [-0.3, -0.25) is 0 Å². The van der Waals surface area contributed by atoms with E-state index in [0.29, 0.717) is 11.9 Å². The molecule has 1 atom stereocenters. The van der Waals surface area contributed by atoms with E-state index in [2.05, 4.69) is 24.3 Å². The Morgan fingerprint density at radius 3 is 2.89 bits per heavy atom. The summed E-state index contributed by atoms with van der Waals surface area (Å²) in [5, 5.41) is 9.58. The van der Waals surface area contributed by atoms with Crippen molar-refractivity contribution in [1.29, 1.82) is 0 Å². The second kappa shape index (κ2) is 5.68. The van der Waals surface area contributed by atoms with E-state index in [-0.39, 0.29) is 6.61 Å². The van der Waals surface area contributed by atoms with E-state index >= 15 is 0 Å². The smallest absolute Gasteiger partial charge is 0.119 e. The molecule has 1 aliphatic heterocycles. The normalized spacial score (nSPS) is 17.2. The van der Waals surface area contributed by atoms with Gasteiger partial charge in [0.15, 0.2) is 0 Å². The van der Waals surface area contributed by atoms with Gasteiger partial charge in [0.1, 0.15) is 12.4 Å². The maximum Gasteiger partial charge on any atom is 0.119 e. The zero-order valence-electron chi connectivity index (χ0n) is 10.6. The topological polar surface area (TPSA) is 29.5 Å². The van der Waals surface area contributed by atoms with Gasteiger partial charge in [0.05, 0.1) is 6.61 Å². The quantitative estimate of drug-likeness (QED) is 0.926. The summed E-state index contributed by atoms with van der Waals surface area (Å²) in [5.41, 5.74) is 2.31. The van der Waals surface area contributed by atoms with Crippen LogP contribution in [0.15, 0.2) is 53.4 Å². The molecule has 3 rings (SSSR count). The van der Waals surface area contributed by atoms with E-state index < -0.39 is 0 Å². The molecule has 19 heavy (non-hydrogen) atoms. The van der Waals surface area contributed by atoms with E-state index in [1.54, 1.807) is 0 Å². The molecule has 0 saturated carbocycles. The Morgan fingerprint density at radius 1 is 1.16 bits per heavy atom. The summed E-state index contributed by atoms with van der Waals surface area (Å²) in [4.78, 5) is 1.38. The highest BCUT2D eigenvalue weighted by atomic mass is 32.2. The number of benzene rings is 2. The van der Waals surface area contributed by atoms with Gasteiger partial charge in [-0.05, 0) is 35.7 Å². The number of hydrogen-bond acceptors (Lipinski definition) is 3. The highest BCUT2D eigenvalue weighted by Crippen LogP contribution is 2.36. The summed E-state index contributed by atoms with van der Waals surface area (Å²) in [6.07, 6.45) is 1.07. The molecule has 0 saturated heterocycles. The van der Waals surface area contributed by atoms with Crippen molar-refractivity contribution in [2.45, 2.75) is 23.2 Å². The summed E-state index contributed by atoms with van der Waals surface area (Å²) in [7, 11) is 0. The highest BCUT2D eigenvalue weighted by Gasteiger charge is 2.22. The fraction of sp³-hybridized carbons (Fsp3) is 0.250. The molecule has 3 heteroatoms. The van der Waals surface area contributed by atoms with Crippen LogP contribution in [0.4, 0.5) is 0 Å². The van der Waals surface area contributed by atoms with Crippen LogP contribution < -0.4 is 4.74 Å². The lowest BCUT2D eigenvalue weighted by Crippen LogP contribution is -2.13. The lowest BCUT2D eigenvalue weighted by molar-refractivity contribution is 0.279. The van der Waals surface area contributed by atoms with Crippen molar-refractivity contribution in [1.82, 2.24) is 0 Å². The average Bonchev–Trinajstić information content (AvgIpc) is 2.88. The maximum atomic E-state index is 9.10.